The lowest BCUT2D eigenvalue weighted by molar-refractivity contribution is -0.137. The van der Waals surface area contributed by atoms with Crippen LogP contribution in [-0.2, 0) is 15.7 Å². The summed E-state index contributed by atoms with van der Waals surface area (Å²) in [6.45, 7) is 2.82. The first-order valence-electron chi connectivity index (χ1n) is 7.68. The fourth-order valence-corrected chi connectivity index (χ4v) is 2.30. The van der Waals surface area contributed by atoms with Crippen LogP contribution in [0.25, 0.3) is 0 Å². The maximum absolute atomic E-state index is 12.8. The van der Waals surface area contributed by atoms with E-state index in [-0.39, 0.29) is 22.0 Å². The summed E-state index contributed by atoms with van der Waals surface area (Å²) in [5.41, 5.74) is -0.946. The van der Waals surface area contributed by atoms with Crippen LogP contribution < -0.4 is 5.32 Å². The normalized spacial score (nSPS) is 12.4. The van der Waals surface area contributed by atoms with E-state index in [1.807, 2.05) is 0 Å². The van der Waals surface area contributed by atoms with E-state index in [1.165, 1.54) is 19.1 Å². The fourth-order valence-electron chi connectivity index (χ4n) is 2.13. The molecule has 0 radical (unpaired) electrons. The zero-order valence-corrected chi connectivity index (χ0v) is 15.0. The Hall–Kier alpha value is -2.74. The Morgan fingerprint density at radius 1 is 1.22 bits per heavy atom. The Morgan fingerprint density at radius 3 is 2.52 bits per heavy atom. The van der Waals surface area contributed by atoms with E-state index in [0.29, 0.717) is 11.6 Å². The molecule has 0 bridgehead atoms. The third-order valence-corrected chi connectivity index (χ3v) is 3.99. The first-order chi connectivity index (χ1) is 12.5. The van der Waals surface area contributed by atoms with Gasteiger partial charge in [-0.25, -0.2) is 4.79 Å². The summed E-state index contributed by atoms with van der Waals surface area (Å²) in [6.07, 6.45) is -5.95. The molecule has 1 amide bonds. The minimum Gasteiger partial charge on any atom is -0.507 e. The smallest absolute Gasteiger partial charge is 0.416 e. The molecule has 2 rings (SSSR count). The second kappa shape index (κ2) is 7.87. The molecule has 2 aromatic rings. The van der Waals surface area contributed by atoms with Crippen molar-refractivity contribution in [3.05, 3.63) is 58.1 Å². The zero-order chi connectivity index (χ0) is 20.4. The van der Waals surface area contributed by atoms with Gasteiger partial charge in [-0.3, -0.25) is 4.79 Å². The summed E-state index contributed by atoms with van der Waals surface area (Å²) in [6, 6.07) is 6.89. The van der Waals surface area contributed by atoms with Gasteiger partial charge in [0, 0.05) is 0 Å². The van der Waals surface area contributed by atoms with Crippen LogP contribution in [0.4, 0.5) is 18.9 Å². The lowest BCUT2D eigenvalue weighted by Crippen LogP contribution is -2.30. The van der Waals surface area contributed by atoms with E-state index >= 15 is 0 Å². The molecule has 0 saturated heterocycles. The predicted molar refractivity (Wildman–Crippen MR) is 92.8 cm³/mol. The molecular formula is C18H15ClF3NO4. The Morgan fingerprint density at radius 2 is 1.89 bits per heavy atom. The van der Waals surface area contributed by atoms with E-state index in [1.54, 1.807) is 13.0 Å². The highest BCUT2D eigenvalue weighted by Gasteiger charge is 2.31. The Labute approximate surface area is 157 Å². The van der Waals surface area contributed by atoms with Crippen molar-refractivity contribution in [1.82, 2.24) is 0 Å². The van der Waals surface area contributed by atoms with Gasteiger partial charge >= 0.3 is 12.1 Å². The zero-order valence-electron chi connectivity index (χ0n) is 14.2. The maximum Gasteiger partial charge on any atom is 0.416 e. The van der Waals surface area contributed by atoms with Gasteiger partial charge < -0.3 is 15.2 Å². The second-order valence-electron chi connectivity index (χ2n) is 5.70. The van der Waals surface area contributed by atoms with Gasteiger partial charge in [-0.15, -0.1) is 0 Å². The molecule has 2 N–H and O–H groups in total. The summed E-state index contributed by atoms with van der Waals surface area (Å²) in [4.78, 5) is 24.3. The van der Waals surface area contributed by atoms with Crippen LogP contribution >= 0.6 is 11.6 Å². The van der Waals surface area contributed by atoms with Crippen molar-refractivity contribution in [2.75, 3.05) is 5.32 Å². The maximum atomic E-state index is 12.8. The topological polar surface area (TPSA) is 75.6 Å². The first kappa shape index (κ1) is 20.6. The summed E-state index contributed by atoms with van der Waals surface area (Å²) >= 11 is 5.81. The van der Waals surface area contributed by atoms with Crippen LogP contribution in [0, 0.1) is 6.92 Å². The molecule has 0 fully saturated rings. The SMILES string of the molecule is Cc1cccc(C(=O)O[C@@H](C)C(=O)Nc2cc(C(F)(F)F)ccc2Cl)c1O. The summed E-state index contributed by atoms with van der Waals surface area (Å²) in [7, 11) is 0. The minimum atomic E-state index is -4.61. The highest BCUT2D eigenvalue weighted by atomic mass is 35.5. The minimum absolute atomic E-state index is 0.105. The van der Waals surface area contributed by atoms with E-state index in [2.05, 4.69) is 5.32 Å². The molecule has 0 aromatic heterocycles. The van der Waals surface area contributed by atoms with Crippen molar-refractivity contribution in [2.45, 2.75) is 26.1 Å². The third kappa shape index (κ3) is 4.91. The molecule has 1 atom stereocenters. The number of hydrogen-bond acceptors (Lipinski definition) is 4. The van der Waals surface area contributed by atoms with E-state index in [9.17, 15) is 27.9 Å². The third-order valence-electron chi connectivity index (χ3n) is 3.66. The van der Waals surface area contributed by atoms with Gasteiger partial charge in [0.05, 0.1) is 16.3 Å². The number of amides is 1. The molecule has 0 aliphatic heterocycles. The average molecular weight is 402 g/mol. The number of phenols is 1. The molecule has 0 aliphatic rings. The van der Waals surface area contributed by atoms with Crippen LogP contribution in [0.3, 0.4) is 0 Å². The first-order valence-corrected chi connectivity index (χ1v) is 8.05. The molecule has 0 spiro atoms. The Bertz CT molecular complexity index is 883. The number of esters is 1. The monoisotopic (exact) mass is 401 g/mol. The standard InChI is InChI=1S/C18H15ClF3NO4/c1-9-4-3-5-12(15(9)24)17(26)27-10(2)16(25)23-14-8-11(18(20,21)22)6-7-13(14)19/h3-8,10,24H,1-2H3,(H,23,25)/t10-/m0/s1. The van der Waals surface area contributed by atoms with Gasteiger partial charge in [0.25, 0.3) is 5.91 Å². The number of carbonyl (C=O) groups is 2. The van der Waals surface area contributed by atoms with Gasteiger partial charge in [-0.1, -0.05) is 23.7 Å². The molecule has 27 heavy (non-hydrogen) atoms. The predicted octanol–water partition coefficient (Wildman–Crippen LogP) is 4.56. The molecule has 0 heterocycles. The quantitative estimate of drug-likeness (QED) is 0.736. The molecule has 0 saturated carbocycles. The summed E-state index contributed by atoms with van der Waals surface area (Å²) < 4.78 is 43.3. The molecular weight excluding hydrogens is 387 g/mol. The fraction of sp³-hybridized carbons (Fsp3) is 0.222. The van der Waals surface area contributed by atoms with Crippen LogP contribution in [0.5, 0.6) is 5.75 Å². The highest BCUT2D eigenvalue weighted by Crippen LogP contribution is 2.34. The summed E-state index contributed by atoms with van der Waals surface area (Å²) in [5.74, 6) is -2.11. The van der Waals surface area contributed by atoms with Crippen LogP contribution in [0.1, 0.15) is 28.4 Å². The highest BCUT2D eigenvalue weighted by molar-refractivity contribution is 6.33. The number of halogens is 4. The van der Waals surface area contributed by atoms with Crippen LogP contribution in [-0.4, -0.2) is 23.1 Å². The van der Waals surface area contributed by atoms with Gasteiger partial charge in [0.15, 0.2) is 6.10 Å². The molecule has 0 aliphatic carbocycles. The van der Waals surface area contributed by atoms with Gasteiger partial charge in [-0.05, 0) is 43.7 Å². The number of benzene rings is 2. The number of nitrogens with one attached hydrogen (secondary N) is 1. The number of hydrogen-bond donors (Lipinski definition) is 2. The molecule has 9 heteroatoms. The number of alkyl halides is 3. The Balaban J connectivity index is 2.12. The van der Waals surface area contributed by atoms with Crippen molar-refractivity contribution in [3.63, 3.8) is 0 Å². The molecule has 144 valence electrons. The van der Waals surface area contributed by atoms with Crippen molar-refractivity contribution < 1.29 is 32.6 Å². The van der Waals surface area contributed by atoms with Gasteiger partial charge in [0.1, 0.15) is 11.3 Å². The van der Waals surface area contributed by atoms with Crippen molar-refractivity contribution in [3.8, 4) is 5.75 Å². The largest absolute Gasteiger partial charge is 0.507 e. The lowest BCUT2D eigenvalue weighted by Gasteiger charge is -2.16. The number of aromatic hydroxyl groups is 1. The number of anilines is 1. The number of para-hydroxylation sites is 1. The van der Waals surface area contributed by atoms with E-state index in [4.69, 9.17) is 16.3 Å². The number of carbonyl (C=O) groups excluding carboxylic acids is 2. The number of aryl methyl sites for hydroxylation is 1. The van der Waals surface area contributed by atoms with E-state index < -0.39 is 29.7 Å². The molecule has 5 nitrogen and oxygen atoms in total. The van der Waals surface area contributed by atoms with Crippen molar-refractivity contribution >= 4 is 29.2 Å². The summed E-state index contributed by atoms with van der Waals surface area (Å²) in [5, 5.41) is 12.0. The number of phenolic OH excluding ortho intramolecular Hbond substituents is 1. The Kier molecular flexibility index (Phi) is 6.00. The van der Waals surface area contributed by atoms with Crippen LogP contribution in [0.15, 0.2) is 36.4 Å². The lowest BCUT2D eigenvalue weighted by atomic mass is 10.1. The van der Waals surface area contributed by atoms with Crippen molar-refractivity contribution in [1.29, 1.82) is 0 Å². The van der Waals surface area contributed by atoms with Gasteiger partial charge in [0.2, 0.25) is 0 Å². The molecule has 0 unspecified atom stereocenters. The van der Waals surface area contributed by atoms with Crippen molar-refractivity contribution in [2.24, 2.45) is 0 Å². The average Bonchev–Trinajstić information content (AvgIpc) is 2.58. The number of ether oxygens (including phenoxy) is 1. The van der Waals surface area contributed by atoms with Crippen LogP contribution in [0.2, 0.25) is 5.02 Å². The molecule has 2 aromatic carbocycles. The second-order valence-corrected chi connectivity index (χ2v) is 6.11. The number of rotatable bonds is 4. The van der Waals surface area contributed by atoms with E-state index in [0.717, 1.165) is 12.1 Å². The van der Waals surface area contributed by atoms with Gasteiger partial charge in [-0.2, -0.15) is 13.2 Å².